The van der Waals surface area contributed by atoms with E-state index in [1.165, 1.54) is 29.8 Å². The Labute approximate surface area is 154 Å². The van der Waals surface area contributed by atoms with E-state index in [0.29, 0.717) is 0 Å². The summed E-state index contributed by atoms with van der Waals surface area (Å²) < 4.78 is 26.1. The molecule has 5 heteroatoms. The number of aromatic carboxylic acids is 1. The van der Waals surface area contributed by atoms with Gasteiger partial charge in [0.1, 0.15) is 0 Å². The monoisotopic (exact) mass is 372 g/mol. The van der Waals surface area contributed by atoms with Gasteiger partial charge in [-0.1, -0.05) is 33.8 Å². The standard InChI is InChI=1S/C21H24O4S/c1-20(2)11-12-21(3,4)18-13-16(9-10-17(18)20)26(24,25)15-7-5-14(6-8-15)19(22)23/h5-10,13H,11-12H2,1-4H3,(H,22,23). The molecule has 2 aromatic carbocycles. The van der Waals surface area contributed by atoms with Crippen molar-refractivity contribution in [1.82, 2.24) is 0 Å². The number of carboxylic acid groups (broad SMARTS) is 1. The molecule has 0 spiro atoms. The zero-order valence-electron chi connectivity index (χ0n) is 15.5. The van der Waals surface area contributed by atoms with E-state index in [9.17, 15) is 13.2 Å². The number of hydrogen-bond donors (Lipinski definition) is 1. The summed E-state index contributed by atoms with van der Waals surface area (Å²) in [5.41, 5.74) is 2.29. The van der Waals surface area contributed by atoms with E-state index < -0.39 is 15.8 Å². The molecule has 0 saturated carbocycles. The zero-order valence-corrected chi connectivity index (χ0v) is 16.4. The molecule has 2 aromatic rings. The van der Waals surface area contributed by atoms with Crippen LogP contribution in [0, 0.1) is 0 Å². The summed E-state index contributed by atoms with van der Waals surface area (Å²) in [6.07, 6.45) is 2.07. The van der Waals surface area contributed by atoms with E-state index in [1.807, 2.05) is 6.07 Å². The molecule has 0 heterocycles. The quantitative estimate of drug-likeness (QED) is 0.857. The minimum Gasteiger partial charge on any atom is -0.478 e. The first-order valence-corrected chi connectivity index (χ1v) is 10.2. The summed E-state index contributed by atoms with van der Waals surface area (Å²) in [6, 6.07) is 10.8. The Balaban J connectivity index is 2.11. The van der Waals surface area contributed by atoms with Crippen LogP contribution in [-0.2, 0) is 20.7 Å². The summed E-state index contributed by atoms with van der Waals surface area (Å²) in [5.74, 6) is -1.08. The molecular weight excluding hydrogens is 348 g/mol. The van der Waals surface area contributed by atoms with E-state index in [-0.39, 0.29) is 26.2 Å². The minimum atomic E-state index is -3.70. The van der Waals surface area contributed by atoms with Crippen molar-refractivity contribution in [2.75, 3.05) is 0 Å². The summed E-state index contributed by atoms with van der Waals surface area (Å²) >= 11 is 0. The number of fused-ring (bicyclic) bond motifs is 1. The number of carbonyl (C=O) groups is 1. The lowest BCUT2D eigenvalue weighted by molar-refractivity contribution is 0.0696. The molecule has 26 heavy (non-hydrogen) atoms. The first kappa shape index (κ1) is 18.6. The molecule has 0 fully saturated rings. The topological polar surface area (TPSA) is 71.4 Å². The Morgan fingerprint density at radius 2 is 1.35 bits per heavy atom. The highest BCUT2D eigenvalue weighted by Gasteiger charge is 2.37. The SMILES string of the molecule is CC1(C)CCC(C)(C)c2cc(S(=O)(=O)c3ccc(C(=O)O)cc3)ccc21. The van der Waals surface area contributed by atoms with E-state index in [1.54, 1.807) is 12.1 Å². The van der Waals surface area contributed by atoms with Crippen LogP contribution >= 0.6 is 0 Å². The average molecular weight is 372 g/mol. The van der Waals surface area contributed by atoms with Gasteiger partial charge in [-0.25, -0.2) is 13.2 Å². The van der Waals surface area contributed by atoms with Gasteiger partial charge in [0, 0.05) is 0 Å². The van der Waals surface area contributed by atoms with E-state index in [2.05, 4.69) is 27.7 Å². The maximum Gasteiger partial charge on any atom is 0.335 e. The number of rotatable bonds is 3. The van der Waals surface area contributed by atoms with Gasteiger partial charge in [-0.05, 0) is 71.2 Å². The van der Waals surface area contributed by atoms with Crippen molar-refractivity contribution in [2.24, 2.45) is 0 Å². The third-order valence-electron chi connectivity index (χ3n) is 5.55. The van der Waals surface area contributed by atoms with Crippen molar-refractivity contribution < 1.29 is 18.3 Å². The Morgan fingerprint density at radius 3 is 1.88 bits per heavy atom. The molecule has 3 rings (SSSR count). The molecule has 0 radical (unpaired) electrons. The van der Waals surface area contributed by atoms with Crippen molar-refractivity contribution in [3.8, 4) is 0 Å². The number of benzene rings is 2. The fraction of sp³-hybridized carbons (Fsp3) is 0.381. The fourth-order valence-electron chi connectivity index (χ4n) is 3.65. The second-order valence-electron chi connectivity index (χ2n) is 8.31. The van der Waals surface area contributed by atoms with Crippen molar-refractivity contribution in [2.45, 2.75) is 61.2 Å². The van der Waals surface area contributed by atoms with Crippen LogP contribution in [-0.4, -0.2) is 19.5 Å². The van der Waals surface area contributed by atoms with E-state index in [0.717, 1.165) is 18.4 Å². The molecule has 0 atom stereocenters. The van der Waals surface area contributed by atoms with Crippen molar-refractivity contribution >= 4 is 15.8 Å². The molecular formula is C21H24O4S. The third-order valence-corrected chi connectivity index (χ3v) is 7.31. The Bertz CT molecular complexity index is 968. The molecule has 1 N–H and O–H groups in total. The largest absolute Gasteiger partial charge is 0.478 e. The molecule has 138 valence electrons. The van der Waals surface area contributed by atoms with Gasteiger partial charge >= 0.3 is 5.97 Å². The second kappa shape index (κ2) is 5.95. The van der Waals surface area contributed by atoms with Gasteiger partial charge in [0.2, 0.25) is 9.84 Å². The van der Waals surface area contributed by atoms with Crippen LogP contribution in [0.3, 0.4) is 0 Å². The Kier molecular flexibility index (Phi) is 4.26. The normalized spacial score (nSPS) is 18.2. The predicted molar refractivity (Wildman–Crippen MR) is 101 cm³/mol. The first-order chi connectivity index (χ1) is 11.9. The van der Waals surface area contributed by atoms with Gasteiger partial charge < -0.3 is 5.11 Å². The van der Waals surface area contributed by atoms with Gasteiger partial charge in [-0.2, -0.15) is 0 Å². The van der Waals surface area contributed by atoms with Crippen LogP contribution in [0.15, 0.2) is 52.3 Å². The second-order valence-corrected chi connectivity index (χ2v) is 10.3. The van der Waals surface area contributed by atoms with Gasteiger partial charge in [0.25, 0.3) is 0 Å². The summed E-state index contributed by atoms with van der Waals surface area (Å²) in [6.45, 7) is 8.69. The van der Waals surface area contributed by atoms with Gasteiger partial charge in [-0.15, -0.1) is 0 Å². The highest BCUT2D eigenvalue weighted by atomic mass is 32.2. The van der Waals surface area contributed by atoms with E-state index in [4.69, 9.17) is 5.11 Å². The van der Waals surface area contributed by atoms with Gasteiger partial charge in [0.05, 0.1) is 15.4 Å². The molecule has 1 aliphatic rings. The molecule has 0 saturated heterocycles. The molecule has 0 aromatic heterocycles. The van der Waals surface area contributed by atoms with Gasteiger partial charge in [0.15, 0.2) is 0 Å². The van der Waals surface area contributed by atoms with Gasteiger partial charge in [-0.3, -0.25) is 0 Å². The van der Waals surface area contributed by atoms with Crippen molar-refractivity contribution in [3.05, 3.63) is 59.2 Å². The minimum absolute atomic E-state index is 0.0241. The van der Waals surface area contributed by atoms with Crippen LogP contribution in [0.4, 0.5) is 0 Å². The Morgan fingerprint density at radius 1 is 0.846 bits per heavy atom. The van der Waals surface area contributed by atoms with Crippen molar-refractivity contribution in [1.29, 1.82) is 0 Å². The molecule has 0 amide bonds. The maximum absolute atomic E-state index is 13.0. The predicted octanol–water partition coefficient (Wildman–Crippen LogP) is 4.57. The smallest absolute Gasteiger partial charge is 0.335 e. The van der Waals surface area contributed by atoms with Crippen LogP contribution in [0.5, 0.6) is 0 Å². The number of sulfone groups is 1. The maximum atomic E-state index is 13.0. The molecule has 0 bridgehead atoms. The lowest BCUT2D eigenvalue weighted by Crippen LogP contribution is -2.34. The Hall–Kier alpha value is -2.14. The molecule has 4 nitrogen and oxygen atoms in total. The summed E-state index contributed by atoms with van der Waals surface area (Å²) in [7, 11) is -3.70. The third kappa shape index (κ3) is 3.05. The average Bonchev–Trinajstić information content (AvgIpc) is 2.59. The molecule has 0 aliphatic heterocycles. The fourth-order valence-corrected chi connectivity index (χ4v) is 4.93. The summed E-state index contributed by atoms with van der Waals surface area (Å²) in [5, 5.41) is 8.99. The van der Waals surface area contributed by atoms with Crippen LogP contribution in [0.2, 0.25) is 0 Å². The highest BCUT2D eigenvalue weighted by molar-refractivity contribution is 7.91. The zero-order chi connectivity index (χ0) is 19.3. The highest BCUT2D eigenvalue weighted by Crippen LogP contribution is 2.46. The van der Waals surface area contributed by atoms with Crippen molar-refractivity contribution in [3.63, 3.8) is 0 Å². The summed E-state index contributed by atoms with van der Waals surface area (Å²) in [4.78, 5) is 11.3. The number of hydrogen-bond acceptors (Lipinski definition) is 3. The van der Waals surface area contributed by atoms with Crippen LogP contribution in [0.1, 0.15) is 62.0 Å². The lowest BCUT2D eigenvalue weighted by Gasteiger charge is -2.42. The molecule has 1 aliphatic carbocycles. The number of carboxylic acids is 1. The molecule has 0 unspecified atom stereocenters. The first-order valence-electron chi connectivity index (χ1n) is 8.69. The van der Waals surface area contributed by atoms with Crippen LogP contribution < -0.4 is 0 Å². The van der Waals surface area contributed by atoms with E-state index >= 15 is 0 Å². The lowest BCUT2D eigenvalue weighted by atomic mass is 9.63. The van der Waals surface area contributed by atoms with Crippen LogP contribution in [0.25, 0.3) is 0 Å².